The maximum Gasteiger partial charge on any atom is 0.0314 e. The van der Waals surface area contributed by atoms with Crippen LogP contribution in [0, 0.1) is 0 Å². The fourth-order valence-electron chi connectivity index (χ4n) is 3.07. The van der Waals surface area contributed by atoms with Crippen LogP contribution in [0.4, 0.5) is 5.69 Å². The van der Waals surface area contributed by atoms with E-state index in [4.69, 9.17) is 5.73 Å². The minimum absolute atomic E-state index is 0.782. The predicted octanol–water partition coefficient (Wildman–Crippen LogP) is 2.97. The largest absolute Gasteiger partial charge is 0.399 e. The first kappa shape index (κ1) is 15.3. The van der Waals surface area contributed by atoms with Gasteiger partial charge in [0.25, 0.3) is 0 Å². The number of nitrogen functional groups attached to an aromatic ring is 1. The lowest BCUT2D eigenvalue weighted by atomic mass is 10.00. The number of nitrogens with zero attached hydrogens (tertiary/aromatic N) is 2. The van der Waals surface area contributed by atoms with Crippen molar-refractivity contribution in [3.63, 3.8) is 0 Å². The average molecular weight is 275 g/mol. The summed E-state index contributed by atoms with van der Waals surface area (Å²) < 4.78 is 0. The lowest BCUT2D eigenvalue weighted by molar-refractivity contribution is 0.153. The maximum atomic E-state index is 5.74. The highest BCUT2D eigenvalue weighted by atomic mass is 15.2. The van der Waals surface area contributed by atoms with E-state index in [1.54, 1.807) is 0 Å². The fraction of sp³-hybridized carbons (Fsp3) is 0.647. The Labute approximate surface area is 123 Å². The molecule has 0 amide bonds. The summed E-state index contributed by atoms with van der Waals surface area (Å²) in [6.45, 7) is 6.86. The molecule has 1 unspecified atom stereocenters. The van der Waals surface area contributed by atoms with Crippen molar-refractivity contribution in [3.05, 3.63) is 29.8 Å². The second-order valence-corrected chi connectivity index (χ2v) is 6.03. The number of benzene rings is 1. The van der Waals surface area contributed by atoms with Gasteiger partial charge in [-0.25, -0.2) is 0 Å². The molecular weight excluding hydrogens is 246 g/mol. The van der Waals surface area contributed by atoms with Crippen LogP contribution in [0.1, 0.15) is 38.2 Å². The van der Waals surface area contributed by atoms with Gasteiger partial charge in [0.15, 0.2) is 0 Å². The average Bonchev–Trinajstić information content (AvgIpc) is 2.47. The van der Waals surface area contributed by atoms with Gasteiger partial charge in [0.2, 0.25) is 0 Å². The molecule has 0 radical (unpaired) electrons. The van der Waals surface area contributed by atoms with Crippen LogP contribution in [-0.2, 0) is 6.54 Å². The summed E-state index contributed by atoms with van der Waals surface area (Å²) in [7, 11) is 2.28. The first-order valence-corrected chi connectivity index (χ1v) is 7.96. The van der Waals surface area contributed by atoms with Crippen LogP contribution in [0.3, 0.4) is 0 Å². The zero-order valence-corrected chi connectivity index (χ0v) is 13.0. The highest BCUT2D eigenvalue weighted by molar-refractivity contribution is 5.39. The van der Waals surface area contributed by atoms with E-state index in [0.717, 1.165) is 24.8 Å². The summed E-state index contributed by atoms with van der Waals surface area (Å²) in [4.78, 5) is 5.08. The summed E-state index contributed by atoms with van der Waals surface area (Å²) in [5.41, 5.74) is 7.95. The Morgan fingerprint density at radius 1 is 1.25 bits per heavy atom. The van der Waals surface area contributed by atoms with Gasteiger partial charge in [-0.1, -0.05) is 25.5 Å². The van der Waals surface area contributed by atoms with Crippen LogP contribution in [0.15, 0.2) is 24.3 Å². The molecule has 2 N–H and O–H groups in total. The number of hydrogen-bond acceptors (Lipinski definition) is 3. The van der Waals surface area contributed by atoms with Gasteiger partial charge in [-0.2, -0.15) is 0 Å². The standard InChI is InChI=1S/C17H29N3/c1-3-20(14-15-7-9-16(18)10-8-15)13-11-17-6-4-5-12-19(17)2/h7-10,17H,3-6,11-14,18H2,1-2H3. The van der Waals surface area contributed by atoms with E-state index in [-0.39, 0.29) is 0 Å². The number of piperidine rings is 1. The molecule has 1 atom stereocenters. The normalized spacial score (nSPS) is 20.4. The third-order valence-corrected chi connectivity index (χ3v) is 4.53. The molecule has 1 fully saturated rings. The predicted molar refractivity (Wildman–Crippen MR) is 86.7 cm³/mol. The summed E-state index contributed by atoms with van der Waals surface area (Å²) in [5.74, 6) is 0. The fourth-order valence-corrected chi connectivity index (χ4v) is 3.07. The van der Waals surface area contributed by atoms with Gasteiger partial charge in [-0.15, -0.1) is 0 Å². The van der Waals surface area contributed by atoms with E-state index in [1.165, 1.54) is 44.3 Å². The summed E-state index contributed by atoms with van der Waals surface area (Å²) in [5, 5.41) is 0. The Bertz CT molecular complexity index is 388. The van der Waals surface area contributed by atoms with E-state index in [2.05, 4.69) is 35.9 Å². The van der Waals surface area contributed by atoms with E-state index in [9.17, 15) is 0 Å². The zero-order chi connectivity index (χ0) is 14.4. The Morgan fingerprint density at radius 3 is 2.65 bits per heavy atom. The smallest absolute Gasteiger partial charge is 0.0314 e. The third-order valence-electron chi connectivity index (χ3n) is 4.53. The highest BCUT2D eigenvalue weighted by Gasteiger charge is 2.19. The van der Waals surface area contributed by atoms with E-state index >= 15 is 0 Å². The van der Waals surface area contributed by atoms with E-state index < -0.39 is 0 Å². The Morgan fingerprint density at radius 2 is 2.00 bits per heavy atom. The van der Waals surface area contributed by atoms with Gasteiger partial charge >= 0.3 is 0 Å². The van der Waals surface area contributed by atoms with Gasteiger partial charge in [-0.05, 0) is 63.6 Å². The summed E-state index contributed by atoms with van der Waals surface area (Å²) in [6, 6.07) is 9.07. The second kappa shape index (κ2) is 7.65. The first-order chi connectivity index (χ1) is 9.69. The van der Waals surface area contributed by atoms with Crippen LogP contribution in [0.25, 0.3) is 0 Å². The molecule has 0 aliphatic carbocycles. The lowest BCUT2D eigenvalue weighted by Crippen LogP contribution is -2.39. The number of rotatable bonds is 6. The van der Waals surface area contributed by atoms with E-state index in [1.807, 2.05) is 12.1 Å². The zero-order valence-electron chi connectivity index (χ0n) is 13.0. The van der Waals surface area contributed by atoms with Crippen LogP contribution in [0.5, 0.6) is 0 Å². The molecule has 1 aliphatic heterocycles. The Balaban J connectivity index is 1.81. The highest BCUT2D eigenvalue weighted by Crippen LogP contribution is 2.18. The van der Waals surface area contributed by atoms with Crippen LogP contribution >= 0.6 is 0 Å². The second-order valence-electron chi connectivity index (χ2n) is 6.03. The SMILES string of the molecule is CCN(CCC1CCCCN1C)Cc1ccc(N)cc1. The molecular formula is C17H29N3. The van der Waals surface area contributed by atoms with Crippen molar-refractivity contribution in [2.75, 3.05) is 32.4 Å². The molecule has 0 bridgehead atoms. The first-order valence-electron chi connectivity index (χ1n) is 7.96. The van der Waals surface area contributed by atoms with Crippen molar-refractivity contribution >= 4 is 5.69 Å². The van der Waals surface area contributed by atoms with Crippen molar-refractivity contribution in [2.45, 2.75) is 45.2 Å². The monoisotopic (exact) mass is 275 g/mol. The molecule has 2 rings (SSSR count). The molecule has 0 spiro atoms. The number of nitrogens with two attached hydrogens (primary N) is 1. The molecule has 1 aliphatic rings. The Kier molecular flexibility index (Phi) is 5.86. The molecule has 3 heteroatoms. The van der Waals surface area contributed by atoms with Crippen LogP contribution < -0.4 is 5.73 Å². The van der Waals surface area contributed by atoms with Crippen molar-refractivity contribution in [1.82, 2.24) is 9.80 Å². The number of anilines is 1. The van der Waals surface area contributed by atoms with Crippen LogP contribution in [0.2, 0.25) is 0 Å². The maximum absolute atomic E-state index is 5.74. The summed E-state index contributed by atoms with van der Waals surface area (Å²) in [6.07, 6.45) is 5.43. The van der Waals surface area contributed by atoms with Crippen LogP contribution in [-0.4, -0.2) is 42.5 Å². The van der Waals surface area contributed by atoms with Gasteiger partial charge in [0.05, 0.1) is 0 Å². The molecule has 1 heterocycles. The third kappa shape index (κ3) is 4.50. The molecule has 1 aromatic carbocycles. The van der Waals surface area contributed by atoms with Crippen molar-refractivity contribution in [3.8, 4) is 0 Å². The summed E-state index contributed by atoms with van der Waals surface area (Å²) >= 11 is 0. The molecule has 20 heavy (non-hydrogen) atoms. The number of hydrogen-bond donors (Lipinski definition) is 1. The minimum Gasteiger partial charge on any atom is -0.399 e. The van der Waals surface area contributed by atoms with Crippen molar-refractivity contribution in [1.29, 1.82) is 0 Å². The molecule has 3 nitrogen and oxygen atoms in total. The van der Waals surface area contributed by atoms with Gasteiger partial charge in [-0.3, -0.25) is 4.90 Å². The molecule has 1 saturated heterocycles. The molecule has 0 saturated carbocycles. The number of likely N-dealkylation sites (tertiary alicyclic amines) is 1. The van der Waals surface area contributed by atoms with Gasteiger partial charge in [0, 0.05) is 18.3 Å². The van der Waals surface area contributed by atoms with Crippen molar-refractivity contribution in [2.24, 2.45) is 0 Å². The lowest BCUT2D eigenvalue weighted by Gasteiger charge is -2.34. The molecule has 112 valence electrons. The molecule has 0 aromatic heterocycles. The topological polar surface area (TPSA) is 32.5 Å². The molecule has 1 aromatic rings. The minimum atomic E-state index is 0.782. The van der Waals surface area contributed by atoms with Crippen molar-refractivity contribution < 1.29 is 0 Å². The van der Waals surface area contributed by atoms with Gasteiger partial charge in [0.1, 0.15) is 0 Å². The van der Waals surface area contributed by atoms with E-state index in [0.29, 0.717) is 0 Å². The van der Waals surface area contributed by atoms with Gasteiger partial charge < -0.3 is 10.6 Å². The quantitative estimate of drug-likeness (QED) is 0.810. The Hall–Kier alpha value is -1.06.